The van der Waals surface area contributed by atoms with E-state index in [2.05, 4.69) is 10.1 Å². The van der Waals surface area contributed by atoms with Crippen molar-refractivity contribution < 1.29 is 17.9 Å². The van der Waals surface area contributed by atoms with Gasteiger partial charge in [-0.15, -0.1) is 0 Å². The zero-order valence-corrected chi connectivity index (χ0v) is 9.82. The Morgan fingerprint density at radius 2 is 1.94 bits per heavy atom. The maximum atomic E-state index is 11.9. The fourth-order valence-electron chi connectivity index (χ4n) is 1.52. The maximum absolute atomic E-state index is 11.9. The van der Waals surface area contributed by atoms with Crippen molar-refractivity contribution in [2.75, 3.05) is 5.32 Å². The van der Waals surface area contributed by atoms with E-state index in [0.29, 0.717) is 6.54 Å². The molecule has 0 bridgehead atoms. The summed E-state index contributed by atoms with van der Waals surface area (Å²) in [5, 5.41) is 3.13. The van der Waals surface area contributed by atoms with Crippen LogP contribution in [0.15, 0.2) is 41.0 Å². The molecule has 1 heterocycles. The molecule has 2 aromatic rings. The van der Waals surface area contributed by atoms with Crippen LogP contribution in [0.2, 0.25) is 0 Å². The molecule has 96 valence electrons. The molecule has 5 heteroatoms. The van der Waals surface area contributed by atoms with Crippen LogP contribution < -0.4 is 10.1 Å². The molecule has 0 saturated heterocycles. The van der Waals surface area contributed by atoms with Gasteiger partial charge in [0, 0.05) is 5.69 Å². The first kappa shape index (κ1) is 12.4. The summed E-state index contributed by atoms with van der Waals surface area (Å²) in [5.41, 5.74) is 1.88. The lowest BCUT2D eigenvalue weighted by atomic mass is 10.2. The van der Waals surface area contributed by atoms with Gasteiger partial charge in [0.25, 0.3) is 0 Å². The lowest BCUT2D eigenvalue weighted by Gasteiger charge is -2.07. The number of benzene rings is 1. The molecule has 0 radical (unpaired) electrons. The first-order valence-corrected chi connectivity index (χ1v) is 5.47. The first-order valence-electron chi connectivity index (χ1n) is 5.47. The highest BCUT2D eigenvalue weighted by molar-refractivity contribution is 5.46. The Hall–Kier alpha value is -2.04. The van der Waals surface area contributed by atoms with Crippen LogP contribution in [0.25, 0.3) is 0 Å². The van der Waals surface area contributed by atoms with Crippen LogP contribution in [-0.2, 0) is 6.54 Å². The molecule has 0 atom stereocenters. The van der Waals surface area contributed by atoms with Crippen molar-refractivity contribution in [1.82, 2.24) is 0 Å². The predicted molar refractivity (Wildman–Crippen MR) is 63.8 cm³/mol. The van der Waals surface area contributed by atoms with Gasteiger partial charge in [0.15, 0.2) is 0 Å². The van der Waals surface area contributed by atoms with Gasteiger partial charge in [0.2, 0.25) is 0 Å². The minimum absolute atomic E-state index is 0.143. The largest absolute Gasteiger partial charge is 0.467 e. The third-order valence-corrected chi connectivity index (χ3v) is 2.50. The summed E-state index contributed by atoms with van der Waals surface area (Å²) >= 11 is 0. The van der Waals surface area contributed by atoms with Crippen LogP contribution in [0.4, 0.5) is 14.5 Å². The molecule has 18 heavy (non-hydrogen) atoms. The SMILES string of the molecule is Cc1ccoc1CNc1ccc(OC(F)F)cc1. The van der Waals surface area contributed by atoms with Gasteiger partial charge in [-0.2, -0.15) is 8.78 Å². The molecule has 0 saturated carbocycles. The van der Waals surface area contributed by atoms with Gasteiger partial charge >= 0.3 is 6.61 Å². The molecule has 2 rings (SSSR count). The molecule has 0 aliphatic carbocycles. The molecular weight excluding hydrogens is 240 g/mol. The molecule has 3 nitrogen and oxygen atoms in total. The van der Waals surface area contributed by atoms with Crippen molar-refractivity contribution in [3.05, 3.63) is 47.9 Å². The summed E-state index contributed by atoms with van der Waals surface area (Å²) in [7, 11) is 0. The lowest BCUT2D eigenvalue weighted by Crippen LogP contribution is -2.02. The van der Waals surface area contributed by atoms with Crippen LogP contribution in [0.3, 0.4) is 0 Å². The molecule has 0 unspecified atom stereocenters. The maximum Gasteiger partial charge on any atom is 0.387 e. The second-order valence-electron chi connectivity index (χ2n) is 3.78. The number of aryl methyl sites for hydroxylation is 1. The second-order valence-corrected chi connectivity index (χ2v) is 3.78. The highest BCUT2D eigenvalue weighted by Crippen LogP contribution is 2.18. The van der Waals surface area contributed by atoms with E-state index in [0.717, 1.165) is 17.0 Å². The highest BCUT2D eigenvalue weighted by atomic mass is 19.3. The van der Waals surface area contributed by atoms with Crippen molar-refractivity contribution in [3.63, 3.8) is 0 Å². The van der Waals surface area contributed by atoms with Crippen molar-refractivity contribution in [2.24, 2.45) is 0 Å². The number of anilines is 1. The zero-order valence-electron chi connectivity index (χ0n) is 9.82. The third-order valence-electron chi connectivity index (χ3n) is 2.50. The van der Waals surface area contributed by atoms with E-state index in [1.165, 1.54) is 12.1 Å². The average molecular weight is 253 g/mol. The Labute approximate surface area is 103 Å². The van der Waals surface area contributed by atoms with Crippen LogP contribution in [0.5, 0.6) is 5.75 Å². The van der Waals surface area contributed by atoms with Crippen LogP contribution in [-0.4, -0.2) is 6.61 Å². The standard InChI is InChI=1S/C13H13F2NO2/c1-9-6-7-17-12(9)8-16-10-2-4-11(5-3-10)18-13(14)15/h2-7,13,16H,8H2,1H3. The number of hydrogen-bond acceptors (Lipinski definition) is 3. The number of furan rings is 1. The predicted octanol–water partition coefficient (Wildman–Crippen LogP) is 3.80. The summed E-state index contributed by atoms with van der Waals surface area (Å²) in [6.45, 7) is -0.289. The Kier molecular flexibility index (Phi) is 3.82. The van der Waals surface area contributed by atoms with Crippen LogP contribution >= 0.6 is 0 Å². The van der Waals surface area contributed by atoms with Gasteiger partial charge in [-0.3, -0.25) is 0 Å². The summed E-state index contributed by atoms with van der Waals surface area (Å²) in [6.07, 6.45) is 1.63. The van der Waals surface area contributed by atoms with E-state index in [-0.39, 0.29) is 5.75 Å². The monoisotopic (exact) mass is 253 g/mol. The molecule has 1 N–H and O–H groups in total. The van der Waals surface area contributed by atoms with Gasteiger partial charge in [-0.1, -0.05) is 0 Å². The Balaban J connectivity index is 1.92. The quantitative estimate of drug-likeness (QED) is 0.880. The fourth-order valence-corrected chi connectivity index (χ4v) is 1.52. The van der Waals surface area contributed by atoms with Crippen molar-refractivity contribution in [3.8, 4) is 5.75 Å². The summed E-state index contributed by atoms with van der Waals surface area (Å²) in [4.78, 5) is 0. The van der Waals surface area contributed by atoms with Crippen molar-refractivity contribution in [2.45, 2.75) is 20.1 Å². The molecular formula is C13H13F2NO2. The van der Waals surface area contributed by atoms with E-state index in [4.69, 9.17) is 4.42 Å². The summed E-state index contributed by atoms with van der Waals surface area (Å²) < 4.78 is 33.4. The average Bonchev–Trinajstić information content (AvgIpc) is 2.73. The fraction of sp³-hybridized carbons (Fsp3) is 0.231. The smallest absolute Gasteiger partial charge is 0.387 e. The van der Waals surface area contributed by atoms with Gasteiger partial charge in [-0.05, 0) is 42.8 Å². The second kappa shape index (κ2) is 5.53. The molecule has 1 aromatic heterocycles. The zero-order chi connectivity index (χ0) is 13.0. The molecule has 0 fully saturated rings. The Morgan fingerprint density at radius 3 is 2.50 bits per heavy atom. The van der Waals surface area contributed by atoms with E-state index < -0.39 is 6.61 Å². The lowest BCUT2D eigenvalue weighted by molar-refractivity contribution is -0.0498. The number of hydrogen-bond donors (Lipinski definition) is 1. The molecule has 0 spiro atoms. The topological polar surface area (TPSA) is 34.4 Å². The first-order chi connectivity index (χ1) is 8.65. The van der Waals surface area contributed by atoms with E-state index in [1.54, 1.807) is 18.4 Å². The van der Waals surface area contributed by atoms with Crippen LogP contribution in [0.1, 0.15) is 11.3 Å². The van der Waals surface area contributed by atoms with Gasteiger partial charge in [0.1, 0.15) is 11.5 Å². The normalized spacial score (nSPS) is 10.7. The van der Waals surface area contributed by atoms with E-state index in [9.17, 15) is 8.78 Å². The molecule has 1 aromatic carbocycles. The number of halogens is 2. The molecule has 0 amide bonds. The van der Waals surface area contributed by atoms with E-state index in [1.807, 2.05) is 13.0 Å². The van der Waals surface area contributed by atoms with Crippen molar-refractivity contribution >= 4 is 5.69 Å². The third kappa shape index (κ3) is 3.23. The number of alkyl halides is 2. The van der Waals surface area contributed by atoms with Crippen LogP contribution in [0, 0.1) is 6.92 Å². The number of rotatable bonds is 5. The molecule has 0 aliphatic heterocycles. The number of ether oxygens (including phenoxy) is 1. The van der Waals surface area contributed by atoms with Gasteiger partial charge in [0.05, 0.1) is 12.8 Å². The van der Waals surface area contributed by atoms with Gasteiger partial charge in [-0.25, -0.2) is 0 Å². The van der Waals surface area contributed by atoms with E-state index >= 15 is 0 Å². The number of nitrogens with one attached hydrogen (secondary N) is 1. The summed E-state index contributed by atoms with van der Waals surface area (Å²) in [5.74, 6) is 0.993. The molecule has 0 aliphatic rings. The Bertz CT molecular complexity index is 494. The Morgan fingerprint density at radius 1 is 1.22 bits per heavy atom. The minimum Gasteiger partial charge on any atom is -0.467 e. The highest BCUT2D eigenvalue weighted by Gasteiger charge is 2.04. The summed E-state index contributed by atoms with van der Waals surface area (Å²) in [6, 6.07) is 8.22. The van der Waals surface area contributed by atoms with Crippen molar-refractivity contribution in [1.29, 1.82) is 0 Å². The van der Waals surface area contributed by atoms with Gasteiger partial charge < -0.3 is 14.5 Å². The minimum atomic E-state index is -2.80.